The Bertz CT molecular complexity index is 318. The molecule has 0 saturated heterocycles. The van der Waals surface area contributed by atoms with E-state index >= 15 is 0 Å². The standard InChI is InChI=1S/C12H18N2/c1-9(2)6-7-11(13)12-10(3)5-4-8-14-12/h4-5,8,11H,1,6-7,13H2,2-3H3. The van der Waals surface area contributed by atoms with Gasteiger partial charge in [-0.1, -0.05) is 11.6 Å². The zero-order valence-electron chi connectivity index (χ0n) is 8.96. The van der Waals surface area contributed by atoms with Crippen LogP contribution >= 0.6 is 0 Å². The van der Waals surface area contributed by atoms with Crippen LogP contribution in [-0.4, -0.2) is 4.98 Å². The van der Waals surface area contributed by atoms with Gasteiger partial charge in [-0.2, -0.15) is 0 Å². The van der Waals surface area contributed by atoms with Crippen LogP contribution in [0.15, 0.2) is 30.5 Å². The van der Waals surface area contributed by atoms with Gasteiger partial charge in [0.15, 0.2) is 0 Å². The quantitative estimate of drug-likeness (QED) is 0.741. The molecule has 0 amide bonds. The predicted molar refractivity (Wildman–Crippen MR) is 60.0 cm³/mol. The maximum Gasteiger partial charge on any atom is 0.0600 e. The first-order valence-corrected chi connectivity index (χ1v) is 4.92. The van der Waals surface area contributed by atoms with E-state index in [0.29, 0.717) is 0 Å². The average Bonchev–Trinajstić information content (AvgIpc) is 2.15. The summed E-state index contributed by atoms with van der Waals surface area (Å²) < 4.78 is 0. The molecule has 0 fully saturated rings. The molecule has 0 aromatic carbocycles. The Balaban J connectivity index is 2.65. The molecule has 76 valence electrons. The smallest absolute Gasteiger partial charge is 0.0600 e. The van der Waals surface area contributed by atoms with Gasteiger partial charge in [0.1, 0.15) is 0 Å². The van der Waals surface area contributed by atoms with E-state index in [0.717, 1.165) is 18.5 Å². The molecule has 1 aromatic heterocycles. The summed E-state index contributed by atoms with van der Waals surface area (Å²) in [5.41, 5.74) is 9.39. The molecule has 0 radical (unpaired) electrons. The Labute approximate surface area is 85.9 Å². The largest absolute Gasteiger partial charge is 0.323 e. The monoisotopic (exact) mass is 190 g/mol. The van der Waals surface area contributed by atoms with Gasteiger partial charge in [-0.05, 0) is 38.3 Å². The molecular weight excluding hydrogens is 172 g/mol. The molecular formula is C12H18N2. The maximum absolute atomic E-state index is 6.04. The van der Waals surface area contributed by atoms with Gasteiger partial charge in [0.05, 0.1) is 5.69 Å². The summed E-state index contributed by atoms with van der Waals surface area (Å²) in [7, 11) is 0. The third-order valence-electron chi connectivity index (χ3n) is 2.28. The summed E-state index contributed by atoms with van der Waals surface area (Å²) in [6.07, 6.45) is 3.69. The van der Waals surface area contributed by atoms with E-state index in [-0.39, 0.29) is 6.04 Å². The molecule has 0 saturated carbocycles. The summed E-state index contributed by atoms with van der Waals surface area (Å²) in [6, 6.07) is 4.01. The molecule has 1 unspecified atom stereocenters. The number of hydrogen-bond acceptors (Lipinski definition) is 2. The lowest BCUT2D eigenvalue weighted by molar-refractivity contribution is 0.627. The van der Waals surface area contributed by atoms with Crippen molar-refractivity contribution in [3.63, 3.8) is 0 Å². The van der Waals surface area contributed by atoms with Crippen LogP contribution in [0.5, 0.6) is 0 Å². The Morgan fingerprint density at radius 2 is 2.36 bits per heavy atom. The fraction of sp³-hybridized carbons (Fsp3) is 0.417. The number of nitrogens with zero attached hydrogens (tertiary/aromatic N) is 1. The Kier molecular flexibility index (Phi) is 3.84. The summed E-state index contributed by atoms with van der Waals surface area (Å²) in [4.78, 5) is 4.30. The lowest BCUT2D eigenvalue weighted by atomic mass is 10.0. The lowest BCUT2D eigenvalue weighted by Crippen LogP contribution is -2.13. The number of aromatic nitrogens is 1. The van der Waals surface area contributed by atoms with Gasteiger partial charge in [-0.3, -0.25) is 4.98 Å². The minimum absolute atomic E-state index is 0.0351. The molecule has 2 heteroatoms. The Morgan fingerprint density at radius 3 is 2.93 bits per heavy atom. The van der Waals surface area contributed by atoms with Crippen molar-refractivity contribution in [3.05, 3.63) is 41.7 Å². The number of nitrogens with two attached hydrogens (primary N) is 1. The summed E-state index contributed by atoms with van der Waals surface area (Å²) in [5, 5.41) is 0. The molecule has 1 atom stereocenters. The van der Waals surface area contributed by atoms with Gasteiger partial charge in [0.25, 0.3) is 0 Å². The van der Waals surface area contributed by atoms with Crippen LogP contribution in [0, 0.1) is 6.92 Å². The molecule has 2 nitrogen and oxygen atoms in total. The van der Waals surface area contributed by atoms with Crippen molar-refractivity contribution in [2.45, 2.75) is 32.7 Å². The number of rotatable bonds is 4. The van der Waals surface area contributed by atoms with Crippen LogP contribution in [0.1, 0.15) is 37.1 Å². The van der Waals surface area contributed by atoms with Crippen molar-refractivity contribution in [3.8, 4) is 0 Å². The molecule has 0 spiro atoms. The summed E-state index contributed by atoms with van der Waals surface area (Å²) in [6.45, 7) is 7.94. The maximum atomic E-state index is 6.04. The number of hydrogen-bond donors (Lipinski definition) is 1. The molecule has 1 heterocycles. The first kappa shape index (κ1) is 10.9. The van der Waals surface area contributed by atoms with E-state index in [1.165, 1.54) is 11.1 Å². The summed E-state index contributed by atoms with van der Waals surface area (Å²) in [5.74, 6) is 0. The first-order chi connectivity index (χ1) is 6.61. The van der Waals surface area contributed by atoms with Crippen molar-refractivity contribution in [2.75, 3.05) is 0 Å². The first-order valence-electron chi connectivity index (χ1n) is 4.92. The third kappa shape index (κ3) is 2.96. The zero-order valence-corrected chi connectivity index (χ0v) is 8.96. The van der Waals surface area contributed by atoms with E-state index < -0.39 is 0 Å². The molecule has 2 N–H and O–H groups in total. The zero-order chi connectivity index (χ0) is 10.6. The minimum Gasteiger partial charge on any atom is -0.323 e. The van der Waals surface area contributed by atoms with Gasteiger partial charge < -0.3 is 5.73 Å². The van der Waals surface area contributed by atoms with Crippen molar-refractivity contribution in [2.24, 2.45) is 5.73 Å². The fourth-order valence-corrected chi connectivity index (χ4v) is 1.42. The van der Waals surface area contributed by atoms with E-state index in [4.69, 9.17) is 5.73 Å². The van der Waals surface area contributed by atoms with E-state index in [1.807, 2.05) is 26.0 Å². The highest BCUT2D eigenvalue weighted by Crippen LogP contribution is 2.18. The highest BCUT2D eigenvalue weighted by atomic mass is 14.8. The van der Waals surface area contributed by atoms with Crippen LogP contribution < -0.4 is 5.73 Å². The van der Waals surface area contributed by atoms with Crippen LogP contribution in [0.2, 0.25) is 0 Å². The average molecular weight is 190 g/mol. The molecule has 0 aliphatic carbocycles. The number of aryl methyl sites for hydroxylation is 1. The van der Waals surface area contributed by atoms with E-state index in [9.17, 15) is 0 Å². The van der Waals surface area contributed by atoms with Gasteiger partial charge in [0.2, 0.25) is 0 Å². The van der Waals surface area contributed by atoms with Crippen molar-refractivity contribution in [1.29, 1.82) is 0 Å². The second-order valence-corrected chi connectivity index (χ2v) is 3.81. The van der Waals surface area contributed by atoms with Crippen LogP contribution in [0.3, 0.4) is 0 Å². The van der Waals surface area contributed by atoms with Crippen molar-refractivity contribution < 1.29 is 0 Å². The topological polar surface area (TPSA) is 38.9 Å². The number of allylic oxidation sites excluding steroid dienone is 1. The van der Waals surface area contributed by atoms with E-state index in [2.05, 4.69) is 11.6 Å². The molecule has 0 aliphatic heterocycles. The lowest BCUT2D eigenvalue weighted by Gasteiger charge is -2.12. The van der Waals surface area contributed by atoms with Gasteiger partial charge in [-0.15, -0.1) is 6.58 Å². The van der Waals surface area contributed by atoms with Crippen LogP contribution in [0.25, 0.3) is 0 Å². The van der Waals surface area contributed by atoms with Gasteiger partial charge in [-0.25, -0.2) is 0 Å². The Hall–Kier alpha value is -1.15. The number of pyridine rings is 1. The minimum atomic E-state index is 0.0351. The normalized spacial score (nSPS) is 12.5. The predicted octanol–water partition coefficient (Wildman–Crippen LogP) is 2.75. The highest BCUT2D eigenvalue weighted by Gasteiger charge is 2.09. The van der Waals surface area contributed by atoms with Gasteiger partial charge >= 0.3 is 0 Å². The fourth-order valence-electron chi connectivity index (χ4n) is 1.42. The van der Waals surface area contributed by atoms with Gasteiger partial charge in [0, 0.05) is 12.2 Å². The summed E-state index contributed by atoms with van der Waals surface area (Å²) >= 11 is 0. The highest BCUT2D eigenvalue weighted by molar-refractivity contribution is 5.20. The third-order valence-corrected chi connectivity index (χ3v) is 2.28. The molecule has 1 aromatic rings. The molecule has 0 aliphatic rings. The Morgan fingerprint density at radius 1 is 1.64 bits per heavy atom. The second kappa shape index (κ2) is 4.91. The molecule has 0 bridgehead atoms. The SMILES string of the molecule is C=C(C)CCC(N)c1ncccc1C. The van der Waals surface area contributed by atoms with Crippen molar-refractivity contribution in [1.82, 2.24) is 4.98 Å². The van der Waals surface area contributed by atoms with Crippen LogP contribution in [0.4, 0.5) is 0 Å². The molecule has 1 rings (SSSR count). The van der Waals surface area contributed by atoms with E-state index in [1.54, 1.807) is 6.20 Å². The van der Waals surface area contributed by atoms with Crippen molar-refractivity contribution >= 4 is 0 Å². The second-order valence-electron chi connectivity index (χ2n) is 3.81. The molecule has 14 heavy (non-hydrogen) atoms. The van der Waals surface area contributed by atoms with Crippen LogP contribution in [-0.2, 0) is 0 Å².